The van der Waals surface area contributed by atoms with E-state index in [-0.39, 0.29) is 23.4 Å². The molecule has 5 nitrogen and oxygen atoms in total. The van der Waals surface area contributed by atoms with Crippen molar-refractivity contribution in [3.63, 3.8) is 0 Å². The van der Waals surface area contributed by atoms with E-state index in [2.05, 4.69) is 10.2 Å². The Bertz CT molecular complexity index is 862. The van der Waals surface area contributed by atoms with E-state index in [1.807, 2.05) is 37.3 Å². The molecule has 3 rings (SSSR count). The summed E-state index contributed by atoms with van der Waals surface area (Å²) in [6, 6.07) is 15.0. The average Bonchev–Trinajstić information content (AvgIpc) is 2.76. The predicted molar refractivity (Wildman–Crippen MR) is 119 cm³/mol. The summed E-state index contributed by atoms with van der Waals surface area (Å²) in [6.45, 7) is 4.12. The SMILES string of the molecule is CC(CC1(O)CCN(CCCC(=O)c2ccc(F)cc2)CC1)C(=O)Nc1ccccc1. The molecule has 1 unspecified atom stereocenters. The summed E-state index contributed by atoms with van der Waals surface area (Å²) in [5.74, 6) is -0.692. The maximum atomic E-state index is 13.0. The molecule has 1 heterocycles. The molecule has 1 fully saturated rings. The first-order valence-electron chi connectivity index (χ1n) is 10.9. The van der Waals surface area contributed by atoms with Crippen molar-refractivity contribution in [2.75, 3.05) is 25.0 Å². The van der Waals surface area contributed by atoms with Crippen LogP contribution in [0, 0.1) is 11.7 Å². The lowest BCUT2D eigenvalue weighted by molar-refractivity contribution is -0.122. The lowest BCUT2D eigenvalue weighted by Gasteiger charge is -2.39. The number of para-hydroxylation sites is 1. The van der Waals surface area contributed by atoms with E-state index in [0.29, 0.717) is 31.2 Å². The van der Waals surface area contributed by atoms with Gasteiger partial charge in [-0.25, -0.2) is 4.39 Å². The number of halogens is 1. The number of hydrogen-bond donors (Lipinski definition) is 2. The molecule has 2 N–H and O–H groups in total. The Morgan fingerprint density at radius 3 is 2.39 bits per heavy atom. The predicted octanol–water partition coefficient (Wildman–Crippen LogP) is 4.28. The van der Waals surface area contributed by atoms with Gasteiger partial charge in [0.1, 0.15) is 5.82 Å². The molecule has 166 valence electrons. The van der Waals surface area contributed by atoms with E-state index in [0.717, 1.165) is 31.7 Å². The lowest BCUT2D eigenvalue weighted by atomic mass is 9.83. The third-order valence-electron chi connectivity index (χ3n) is 6.01. The number of likely N-dealkylation sites (tertiary alicyclic amines) is 1. The van der Waals surface area contributed by atoms with Crippen molar-refractivity contribution in [2.24, 2.45) is 5.92 Å². The fourth-order valence-electron chi connectivity index (χ4n) is 4.09. The van der Waals surface area contributed by atoms with Crippen LogP contribution in [0.25, 0.3) is 0 Å². The number of carbonyl (C=O) groups excluding carboxylic acids is 2. The monoisotopic (exact) mass is 426 g/mol. The number of rotatable bonds is 9. The van der Waals surface area contributed by atoms with Crippen LogP contribution in [-0.2, 0) is 4.79 Å². The van der Waals surface area contributed by atoms with Crippen molar-refractivity contribution in [2.45, 2.75) is 44.6 Å². The van der Waals surface area contributed by atoms with Crippen LogP contribution >= 0.6 is 0 Å². The Balaban J connectivity index is 1.38. The number of ketones is 1. The maximum Gasteiger partial charge on any atom is 0.227 e. The quantitative estimate of drug-likeness (QED) is 0.587. The van der Waals surface area contributed by atoms with Gasteiger partial charge in [0, 0.05) is 36.7 Å². The van der Waals surface area contributed by atoms with Crippen LogP contribution in [0.5, 0.6) is 0 Å². The van der Waals surface area contributed by atoms with Gasteiger partial charge in [-0.1, -0.05) is 25.1 Å². The Hall–Kier alpha value is -2.57. The van der Waals surface area contributed by atoms with E-state index in [1.165, 1.54) is 24.3 Å². The van der Waals surface area contributed by atoms with Gasteiger partial charge in [-0.3, -0.25) is 9.59 Å². The van der Waals surface area contributed by atoms with Crippen LogP contribution in [0.2, 0.25) is 0 Å². The fourth-order valence-corrected chi connectivity index (χ4v) is 4.09. The Morgan fingerprint density at radius 2 is 1.74 bits per heavy atom. The minimum atomic E-state index is -0.839. The highest BCUT2D eigenvalue weighted by atomic mass is 19.1. The molecule has 1 amide bonds. The van der Waals surface area contributed by atoms with Crippen molar-refractivity contribution < 1.29 is 19.1 Å². The standard InChI is InChI=1S/C25H31FN2O3/c1-19(24(30)27-22-6-3-2-4-7-22)18-25(31)13-16-28(17-14-25)15-5-8-23(29)20-9-11-21(26)12-10-20/h2-4,6-7,9-12,19,31H,5,8,13-18H2,1H3,(H,27,30). The van der Waals surface area contributed by atoms with Crippen LogP contribution in [0.3, 0.4) is 0 Å². The van der Waals surface area contributed by atoms with E-state index in [9.17, 15) is 19.1 Å². The summed E-state index contributed by atoms with van der Waals surface area (Å²) in [7, 11) is 0. The number of hydrogen-bond acceptors (Lipinski definition) is 4. The number of amides is 1. The zero-order valence-corrected chi connectivity index (χ0v) is 18.0. The number of Topliss-reactive ketones (excluding diaryl/α,β-unsaturated/α-hetero) is 1. The van der Waals surface area contributed by atoms with Gasteiger partial charge in [0.25, 0.3) is 0 Å². The van der Waals surface area contributed by atoms with Crippen molar-refractivity contribution in [3.8, 4) is 0 Å². The molecule has 1 aliphatic rings. The van der Waals surface area contributed by atoms with Gasteiger partial charge in [0.05, 0.1) is 5.60 Å². The van der Waals surface area contributed by atoms with Gasteiger partial charge in [0.15, 0.2) is 5.78 Å². The molecular formula is C25H31FN2O3. The van der Waals surface area contributed by atoms with Crippen LogP contribution in [-0.4, -0.2) is 46.9 Å². The number of benzene rings is 2. The van der Waals surface area contributed by atoms with Crippen molar-refractivity contribution in [1.82, 2.24) is 4.90 Å². The van der Waals surface area contributed by atoms with Crippen LogP contribution < -0.4 is 5.32 Å². The number of carbonyl (C=O) groups is 2. The summed E-state index contributed by atoms with van der Waals surface area (Å²) in [5.41, 5.74) is 0.460. The molecule has 1 saturated heterocycles. The van der Waals surface area contributed by atoms with E-state index < -0.39 is 5.60 Å². The third kappa shape index (κ3) is 6.97. The molecule has 6 heteroatoms. The molecule has 1 atom stereocenters. The van der Waals surface area contributed by atoms with E-state index in [4.69, 9.17) is 0 Å². The highest BCUT2D eigenvalue weighted by Crippen LogP contribution is 2.29. The zero-order valence-electron chi connectivity index (χ0n) is 18.0. The minimum Gasteiger partial charge on any atom is -0.390 e. The highest BCUT2D eigenvalue weighted by Gasteiger charge is 2.35. The van der Waals surface area contributed by atoms with Crippen molar-refractivity contribution in [3.05, 3.63) is 66.0 Å². The molecule has 0 bridgehead atoms. The lowest BCUT2D eigenvalue weighted by Crippen LogP contribution is -2.46. The molecule has 0 spiro atoms. The van der Waals surface area contributed by atoms with Gasteiger partial charge in [-0.15, -0.1) is 0 Å². The van der Waals surface area contributed by atoms with Gasteiger partial charge in [0.2, 0.25) is 5.91 Å². The number of nitrogens with one attached hydrogen (secondary N) is 1. The molecule has 2 aromatic rings. The smallest absolute Gasteiger partial charge is 0.227 e. The second kappa shape index (κ2) is 10.6. The van der Waals surface area contributed by atoms with Gasteiger partial charge in [-0.2, -0.15) is 0 Å². The summed E-state index contributed by atoms with van der Waals surface area (Å²) in [4.78, 5) is 26.9. The Kier molecular flexibility index (Phi) is 7.93. The van der Waals surface area contributed by atoms with E-state index in [1.54, 1.807) is 0 Å². The molecule has 0 aliphatic carbocycles. The molecule has 0 aromatic heterocycles. The first-order valence-corrected chi connectivity index (χ1v) is 10.9. The highest BCUT2D eigenvalue weighted by molar-refractivity contribution is 5.96. The normalized spacial score (nSPS) is 17.1. The molecule has 2 aromatic carbocycles. The fraction of sp³-hybridized carbons (Fsp3) is 0.440. The second-order valence-corrected chi connectivity index (χ2v) is 8.56. The second-order valence-electron chi connectivity index (χ2n) is 8.56. The summed E-state index contributed by atoms with van der Waals surface area (Å²) >= 11 is 0. The topological polar surface area (TPSA) is 69.6 Å². The molecular weight excluding hydrogens is 395 g/mol. The number of aliphatic hydroxyl groups is 1. The third-order valence-corrected chi connectivity index (χ3v) is 6.01. The molecule has 1 aliphatic heterocycles. The number of anilines is 1. The van der Waals surface area contributed by atoms with Gasteiger partial charge in [-0.05, 0) is 68.6 Å². The van der Waals surface area contributed by atoms with Crippen LogP contribution in [0.1, 0.15) is 49.4 Å². The largest absolute Gasteiger partial charge is 0.390 e. The van der Waals surface area contributed by atoms with Crippen molar-refractivity contribution in [1.29, 1.82) is 0 Å². The molecule has 0 saturated carbocycles. The first-order chi connectivity index (χ1) is 14.8. The molecule has 0 radical (unpaired) electrons. The zero-order chi connectivity index (χ0) is 22.3. The first kappa shape index (κ1) is 23.1. The van der Waals surface area contributed by atoms with Crippen LogP contribution in [0.4, 0.5) is 10.1 Å². The molecule has 31 heavy (non-hydrogen) atoms. The number of nitrogens with zero attached hydrogens (tertiary/aromatic N) is 1. The Morgan fingerprint density at radius 1 is 1.10 bits per heavy atom. The minimum absolute atomic E-state index is 0.0202. The number of piperidine rings is 1. The summed E-state index contributed by atoms with van der Waals surface area (Å²) in [6.07, 6.45) is 2.81. The van der Waals surface area contributed by atoms with Gasteiger partial charge < -0.3 is 15.3 Å². The average molecular weight is 427 g/mol. The summed E-state index contributed by atoms with van der Waals surface area (Å²) < 4.78 is 13.0. The maximum absolute atomic E-state index is 13.0. The van der Waals surface area contributed by atoms with Crippen LogP contribution in [0.15, 0.2) is 54.6 Å². The van der Waals surface area contributed by atoms with Crippen molar-refractivity contribution >= 4 is 17.4 Å². The van der Waals surface area contributed by atoms with Gasteiger partial charge >= 0.3 is 0 Å². The van der Waals surface area contributed by atoms with E-state index >= 15 is 0 Å². The Labute approximate surface area is 183 Å². The summed E-state index contributed by atoms with van der Waals surface area (Å²) in [5, 5.41) is 13.9.